The van der Waals surface area contributed by atoms with Crippen molar-refractivity contribution in [1.29, 1.82) is 0 Å². The third-order valence-corrected chi connectivity index (χ3v) is 1.95. The van der Waals surface area contributed by atoms with Crippen LogP contribution in [0, 0.1) is 0 Å². The van der Waals surface area contributed by atoms with Crippen LogP contribution in [0.2, 0.25) is 0 Å². The number of hydrogen-bond acceptors (Lipinski definition) is 4. The standard InChI is InChI=1S/C8H16N2O2/c1-3-12-8(11)7-6-10(2)5-4-9-7/h7,9H,3-6H2,1-2H3/t7-/m1/s1. The average molecular weight is 172 g/mol. The highest BCUT2D eigenvalue weighted by molar-refractivity contribution is 5.76. The van der Waals surface area contributed by atoms with Gasteiger partial charge in [-0.3, -0.25) is 4.79 Å². The Morgan fingerprint density at radius 1 is 1.75 bits per heavy atom. The molecule has 1 aliphatic heterocycles. The van der Waals surface area contributed by atoms with Crippen molar-refractivity contribution in [3.8, 4) is 0 Å². The first-order chi connectivity index (χ1) is 5.74. The SMILES string of the molecule is CCOC(=O)[C@H]1CN(C)CCN1. The predicted octanol–water partition coefficient (Wildman–Crippen LogP) is -0.547. The van der Waals surface area contributed by atoms with Gasteiger partial charge in [-0.25, -0.2) is 0 Å². The minimum atomic E-state index is -0.135. The highest BCUT2D eigenvalue weighted by Crippen LogP contribution is 1.97. The Morgan fingerprint density at radius 3 is 3.08 bits per heavy atom. The number of carbonyl (C=O) groups excluding carboxylic acids is 1. The summed E-state index contributed by atoms with van der Waals surface area (Å²) in [7, 11) is 2.01. The van der Waals surface area contributed by atoms with Crippen molar-refractivity contribution < 1.29 is 9.53 Å². The van der Waals surface area contributed by atoms with Gasteiger partial charge in [-0.2, -0.15) is 0 Å². The Kier molecular flexibility index (Phi) is 3.49. The molecule has 1 fully saturated rings. The Morgan fingerprint density at radius 2 is 2.50 bits per heavy atom. The molecule has 1 heterocycles. The molecule has 0 spiro atoms. The van der Waals surface area contributed by atoms with Crippen molar-refractivity contribution >= 4 is 5.97 Å². The second-order valence-corrected chi connectivity index (χ2v) is 3.02. The lowest BCUT2D eigenvalue weighted by atomic mass is 10.2. The molecule has 70 valence electrons. The smallest absolute Gasteiger partial charge is 0.324 e. The van der Waals surface area contributed by atoms with Crippen molar-refractivity contribution in [2.75, 3.05) is 33.3 Å². The molecule has 0 aromatic rings. The maximum Gasteiger partial charge on any atom is 0.324 e. The fourth-order valence-electron chi connectivity index (χ4n) is 1.30. The maximum absolute atomic E-state index is 11.2. The number of piperazine rings is 1. The Balaban J connectivity index is 2.35. The largest absolute Gasteiger partial charge is 0.465 e. The number of nitrogens with one attached hydrogen (secondary N) is 1. The molecule has 4 nitrogen and oxygen atoms in total. The molecule has 0 bridgehead atoms. The van der Waals surface area contributed by atoms with E-state index in [4.69, 9.17) is 4.74 Å². The summed E-state index contributed by atoms with van der Waals surface area (Å²) >= 11 is 0. The van der Waals surface area contributed by atoms with E-state index in [0.717, 1.165) is 19.6 Å². The monoisotopic (exact) mass is 172 g/mol. The van der Waals surface area contributed by atoms with Crippen LogP contribution in [0.3, 0.4) is 0 Å². The van der Waals surface area contributed by atoms with Gasteiger partial charge in [0.05, 0.1) is 6.61 Å². The zero-order valence-corrected chi connectivity index (χ0v) is 7.67. The minimum absolute atomic E-state index is 0.135. The van der Waals surface area contributed by atoms with E-state index in [2.05, 4.69) is 10.2 Å². The maximum atomic E-state index is 11.2. The van der Waals surface area contributed by atoms with Crippen LogP contribution in [0.4, 0.5) is 0 Å². The van der Waals surface area contributed by atoms with E-state index in [1.54, 1.807) is 0 Å². The van der Waals surface area contributed by atoms with Crippen LogP contribution in [0.25, 0.3) is 0 Å². The van der Waals surface area contributed by atoms with Gasteiger partial charge >= 0.3 is 5.97 Å². The Bertz CT molecular complexity index is 161. The fourth-order valence-corrected chi connectivity index (χ4v) is 1.30. The third kappa shape index (κ3) is 2.46. The molecule has 0 saturated carbocycles. The average Bonchev–Trinajstić information content (AvgIpc) is 2.05. The van der Waals surface area contributed by atoms with E-state index in [1.807, 2.05) is 14.0 Å². The van der Waals surface area contributed by atoms with E-state index >= 15 is 0 Å². The summed E-state index contributed by atoms with van der Waals surface area (Å²) in [5.41, 5.74) is 0. The van der Waals surface area contributed by atoms with Crippen molar-refractivity contribution in [1.82, 2.24) is 10.2 Å². The molecule has 0 radical (unpaired) electrons. The summed E-state index contributed by atoms with van der Waals surface area (Å²) in [5.74, 6) is -0.135. The normalized spacial score (nSPS) is 25.3. The lowest BCUT2D eigenvalue weighted by Crippen LogP contribution is -2.53. The molecule has 0 aromatic carbocycles. The van der Waals surface area contributed by atoms with Gasteiger partial charge in [0.15, 0.2) is 0 Å². The molecule has 1 rings (SSSR count). The highest BCUT2D eigenvalue weighted by Gasteiger charge is 2.23. The summed E-state index contributed by atoms with van der Waals surface area (Å²) in [6.07, 6.45) is 0. The zero-order chi connectivity index (χ0) is 8.97. The molecule has 0 unspecified atom stereocenters. The van der Waals surface area contributed by atoms with Crippen molar-refractivity contribution in [2.45, 2.75) is 13.0 Å². The van der Waals surface area contributed by atoms with Gasteiger partial charge in [-0.05, 0) is 14.0 Å². The second-order valence-electron chi connectivity index (χ2n) is 3.02. The first-order valence-corrected chi connectivity index (χ1v) is 4.32. The molecule has 1 aliphatic rings. The summed E-state index contributed by atoms with van der Waals surface area (Å²) in [5, 5.41) is 3.12. The molecule has 0 aliphatic carbocycles. The molecule has 0 aromatic heterocycles. The number of esters is 1. The molecule has 0 amide bonds. The van der Waals surface area contributed by atoms with Crippen LogP contribution in [0.1, 0.15) is 6.92 Å². The summed E-state index contributed by atoms with van der Waals surface area (Å²) in [6.45, 7) is 4.89. The Labute approximate surface area is 72.9 Å². The quantitative estimate of drug-likeness (QED) is 0.568. The summed E-state index contributed by atoms with van der Waals surface area (Å²) in [6, 6.07) is -0.135. The number of rotatable bonds is 2. The Hall–Kier alpha value is -0.610. The van der Waals surface area contributed by atoms with Gasteiger partial charge in [-0.1, -0.05) is 0 Å². The molecular formula is C8H16N2O2. The summed E-state index contributed by atoms with van der Waals surface area (Å²) in [4.78, 5) is 13.4. The van der Waals surface area contributed by atoms with Gasteiger partial charge in [0.1, 0.15) is 6.04 Å². The van der Waals surface area contributed by atoms with E-state index < -0.39 is 0 Å². The lowest BCUT2D eigenvalue weighted by Gasteiger charge is -2.29. The molecule has 1 N–H and O–H groups in total. The van der Waals surface area contributed by atoms with Crippen LogP contribution in [0.15, 0.2) is 0 Å². The molecule has 1 saturated heterocycles. The van der Waals surface area contributed by atoms with Gasteiger partial charge in [0.25, 0.3) is 0 Å². The van der Waals surface area contributed by atoms with E-state index in [1.165, 1.54) is 0 Å². The minimum Gasteiger partial charge on any atom is -0.465 e. The number of likely N-dealkylation sites (N-methyl/N-ethyl adjacent to an activating group) is 1. The number of nitrogens with zero attached hydrogens (tertiary/aromatic N) is 1. The van der Waals surface area contributed by atoms with Crippen molar-refractivity contribution in [2.24, 2.45) is 0 Å². The van der Waals surface area contributed by atoms with Crippen LogP contribution < -0.4 is 5.32 Å². The van der Waals surface area contributed by atoms with E-state index in [0.29, 0.717) is 6.61 Å². The predicted molar refractivity (Wildman–Crippen MR) is 45.9 cm³/mol. The lowest BCUT2D eigenvalue weighted by molar-refractivity contribution is -0.146. The molecule has 1 atom stereocenters. The number of hydrogen-bond donors (Lipinski definition) is 1. The molecule has 12 heavy (non-hydrogen) atoms. The van der Waals surface area contributed by atoms with Gasteiger partial charge < -0.3 is 15.0 Å². The second kappa shape index (κ2) is 4.42. The molecular weight excluding hydrogens is 156 g/mol. The highest BCUT2D eigenvalue weighted by atomic mass is 16.5. The van der Waals surface area contributed by atoms with Crippen molar-refractivity contribution in [3.05, 3.63) is 0 Å². The van der Waals surface area contributed by atoms with Gasteiger partial charge in [0.2, 0.25) is 0 Å². The first kappa shape index (κ1) is 9.48. The van der Waals surface area contributed by atoms with E-state index in [9.17, 15) is 4.79 Å². The third-order valence-electron chi connectivity index (χ3n) is 1.95. The number of ether oxygens (including phenoxy) is 1. The topological polar surface area (TPSA) is 41.6 Å². The van der Waals surface area contributed by atoms with Gasteiger partial charge in [-0.15, -0.1) is 0 Å². The van der Waals surface area contributed by atoms with Crippen LogP contribution >= 0.6 is 0 Å². The van der Waals surface area contributed by atoms with Crippen LogP contribution in [-0.4, -0.2) is 50.2 Å². The van der Waals surface area contributed by atoms with Crippen LogP contribution in [-0.2, 0) is 9.53 Å². The fraction of sp³-hybridized carbons (Fsp3) is 0.875. The van der Waals surface area contributed by atoms with E-state index in [-0.39, 0.29) is 12.0 Å². The van der Waals surface area contributed by atoms with Gasteiger partial charge in [0, 0.05) is 19.6 Å². The summed E-state index contributed by atoms with van der Waals surface area (Å²) < 4.78 is 4.90. The molecule has 4 heteroatoms. The van der Waals surface area contributed by atoms with Crippen LogP contribution in [0.5, 0.6) is 0 Å². The number of carbonyl (C=O) groups is 1. The van der Waals surface area contributed by atoms with Crippen molar-refractivity contribution in [3.63, 3.8) is 0 Å². The zero-order valence-electron chi connectivity index (χ0n) is 7.67. The first-order valence-electron chi connectivity index (χ1n) is 4.32.